The van der Waals surface area contributed by atoms with Gasteiger partial charge in [0.2, 0.25) is 0 Å². The Hall–Kier alpha value is -0.900. The molecule has 1 aromatic rings. The Labute approximate surface area is 83.5 Å². The Morgan fingerprint density at radius 2 is 2.07 bits per heavy atom. The van der Waals surface area contributed by atoms with Gasteiger partial charge in [-0.05, 0) is 32.2 Å². The third kappa shape index (κ3) is 1.54. The van der Waals surface area contributed by atoms with Crippen LogP contribution in [-0.2, 0) is 0 Å². The molecule has 76 valence electrons. The second kappa shape index (κ2) is 3.35. The van der Waals surface area contributed by atoms with E-state index in [1.807, 2.05) is 0 Å². The smallest absolute Gasteiger partial charge is 0.153 e. The van der Waals surface area contributed by atoms with Crippen molar-refractivity contribution in [2.24, 2.45) is 0 Å². The van der Waals surface area contributed by atoms with E-state index in [1.165, 1.54) is 32.1 Å². The van der Waals surface area contributed by atoms with E-state index in [-0.39, 0.29) is 0 Å². The summed E-state index contributed by atoms with van der Waals surface area (Å²) in [6.07, 6.45) is 6.33. The van der Waals surface area contributed by atoms with Crippen LogP contribution in [0, 0.1) is 0 Å². The number of hydrogen-bond acceptors (Lipinski definition) is 3. The van der Waals surface area contributed by atoms with Crippen LogP contribution < -0.4 is 5.32 Å². The highest BCUT2D eigenvalue weighted by atomic mass is 15.2. The molecular weight excluding hydrogens is 176 g/mol. The fraction of sp³-hybridized carbons (Fsp3) is 0.800. The molecule has 2 heterocycles. The van der Waals surface area contributed by atoms with Gasteiger partial charge in [0.25, 0.3) is 0 Å². The van der Waals surface area contributed by atoms with Crippen molar-refractivity contribution >= 4 is 0 Å². The van der Waals surface area contributed by atoms with Gasteiger partial charge < -0.3 is 5.32 Å². The minimum Gasteiger partial charge on any atom is -0.307 e. The number of hydrogen-bond donors (Lipinski definition) is 2. The lowest BCUT2D eigenvalue weighted by molar-refractivity contribution is 0.398. The van der Waals surface area contributed by atoms with Crippen molar-refractivity contribution in [2.45, 2.75) is 44.1 Å². The van der Waals surface area contributed by atoms with Crippen molar-refractivity contribution in [3.05, 3.63) is 11.6 Å². The normalized spacial score (nSPS) is 27.9. The molecule has 1 saturated carbocycles. The van der Waals surface area contributed by atoms with Gasteiger partial charge in [-0.15, -0.1) is 0 Å². The van der Waals surface area contributed by atoms with Gasteiger partial charge in [0.05, 0.1) is 6.04 Å². The molecule has 3 rings (SSSR count). The van der Waals surface area contributed by atoms with Crippen LogP contribution in [0.4, 0.5) is 0 Å². The van der Waals surface area contributed by atoms with Crippen molar-refractivity contribution in [1.29, 1.82) is 0 Å². The zero-order chi connectivity index (χ0) is 9.38. The molecule has 2 fully saturated rings. The van der Waals surface area contributed by atoms with E-state index in [9.17, 15) is 0 Å². The number of aromatic nitrogens is 3. The van der Waals surface area contributed by atoms with Crippen molar-refractivity contribution in [3.8, 4) is 0 Å². The summed E-state index contributed by atoms with van der Waals surface area (Å²) in [5, 5.41) is 10.8. The third-order valence-corrected chi connectivity index (χ3v) is 3.10. The first-order valence-electron chi connectivity index (χ1n) is 5.59. The topological polar surface area (TPSA) is 53.6 Å². The zero-order valence-electron chi connectivity index (χ0n) is 8.29. The molecular formula is C10H16N4. The van der Waals surface area contributed by atoms with Crippen LogP contribution in [0.5, 0.6) is 0 Å². The van der Waals surface area contributed by atoms with Crippen LogP contribution in [0.15, 0.2) is 0 Å². The predicted octanol–water partition coefficient (Wildman–Crippen LogP) is 1.50. The lowest BCUT2D eigenvalue weighted by atomic mass is 10.0. The summed E-state index contributed by atoms with van der Waals surface area (Å²) in [5.41, 5.74) is 0. The first-order valence-corrected chi connectivity index (χ1v) is 5.59. The molecule has 2 aliphatic rings. The molecule has 1 aliphatic carbocycles. The van der Waals surface area contributed by atoms with Crippen molar-refractivity contribution < 1.29 is 0 Å². The van der Waals surface area contributed by atoms with Gasteiger partial charge in [-0.1, -0.05) is 6.42 Å². The predicted molar refractivity (Wildman–Crippen MR) is 53.0 cm³/mol. The highest BCUT2D eigenvalue weighted by Crippen LogP contribution is 2.38. The zero-order valence-corrected chi connectivity index (χ0v) is 8.29. The summed E-state index contributed by atoms with van der Waals surface area (Å²) < 4.78 is 0. The molecule has 0 radical (unpaired) electrons. The Kier molecular flexibility index (Phi) is 2.01. The van der Waals surface area contributed by atoms with Crippen LogP contribution in [-0.4, -0.2) is 21.7 Å². The maximum absolute atomic E-state index is 4.57. The quantitative estimate of drug-likeness (QED) is 0.746. The maximum Gasteiger partial charge on any atom is 0.153 e. The van der Waals surface area contributed by atoms with Gasteiger partial charge >= 0.3 is 0 Å². The molecule has 1 aromatic heterocycles. The molecule has 4 nitrogen and oxygen atoms in total. The molecule has 1 atom stereocenters. The van der Waals surface area contributed by atoms with Gasteiger partial charge in [0.15, 0.2) is 5.82 Å². The average molecular weight is 192 g/mol. The number of aromatic amines is 1. The van der Waals surface area contributed by atoms with Gasteiger partial charge in [-0.25, -0.2) is 4.98 Å². The standard InChI is InChI=1S/C10H16N4/c1-2-6-11-8(3-1)10-12-9(13-14-10)7-4-5-7/h7-8,11H,1-6H2,(H,12,13,14). The van der Waals surface area contributed by atoms with Crippen LogP contribution in [0.3, 0.4) is 0 Å². The fourth-order valence-corrected chi connectivity index (χ4v) is 2.05. The second-order valence-corrected chi connectivity index (χ2v) is 4.36. The first-order chi connectivity index (χ1) is 6.93. The lowest BCUT2D eigenvalue weighted by Gasteiger charge is -2.20. The van der Waals surface area contributed by atoms with Gasteiger partial charge in [-0.2, -0.15) is 5.10 Å². The largest absolute Gasteiger partial charge is 0.307 e. The third-order valence-electron chi connectivity index (χ3n) is 3.10. The number of nitrogens with one attached hydrogen (secondary N) is 2. The number of piperidine rings is 1. The van der Waals surface area contributed by atoms with E-state index in [0.717, 1.165) is 18.2 Å². The summed E-state index contributed by atoms with van der Waals surface area (Å²) >= 11 is 0. The molecule has 4 heteroatoms. The maximum atomic E-state index is 4.57. The van der Waals surface area contributed by atoms with Crippen LogP contribution in [0.25, 0.3) is 0 Å². The summed E-state index contributed by atoms with van der Waals surface area (Å²) in [5.74, 6) is 2.74. The minimum absolute atomic E-state index is 0.420. The molecule has 1 saturated heterocycles. The molecule has 14 heavy (non-hydrogen) atoms. The van der Waals surface area contributed by atoms with E-state index in [4.69, 9.17) is 0 Å². The van der Waals surface area contributed by atoms with Crippen LogP contribution in [0.2, 0.25) is 0 Å². The fourth-order valence-electron chi connectivity index (χ4n) is 2.05. The number of H-pyrrole nitrogens is 1. The Bertz CT molecular complexity index is 310. The molecule has 1 aliphatic heterocycles. The SMILES string of the molecule is C1CCC(c2nc(C3CC3)n[nH]2)NC1. The molecule has 1 unspecified atom stereocenters. The van der Waals surface area contributed by atoms with Gasteiger partial charge in [0, 0.05) is 5.92 Å². The van der Waals surface area contributed by atoms with E-state index >= 15 is 0 Å². The Morgan fingerprint density at radius 1 is 1.14 bits per heavy atom. The molecule has 2 N–H and O–H groups in total. The van der Waals surface area contributed by atoms with Gasteiger partial charge in [-0.3, -0.25) is 5.10 Å². The van der Waals surface area contributed by atoms with Crippen LogP contribution >= 0.6 is 0 Å². The molecule has 0 spiro atoms. The summed E-state index contributed by atoms with van der Waals surface area (Å²) in [4.78, 5) is 4.57. The van der Waals surface area contributed by atoms with Crippen molar-refractivity contribution in [1.82, 2.24) is 20.5 Å². The molecule has 0 amide bonds. The lowest BCUT2D eigenvalue weighted by Crippen LogP contribution is -2.27. The van der Waals surface area contributed by atoms with E-state index in [0.29, 0.717) is 12.0 Å². The minimum atomic E-state index is 0.420. The summed E-state index contributed by atoms with van der Waals surface area (Å²) in [6.45, 7) is 1.12. The van der Waals surface area contributed by atoms with Gasteiger partial charge in [0.1, 0.15) is 5.82 Å². The van der Waals surface area contributed by atoms with E-state index in [2.05, 4.69) is 20.5 Å². The van der Waals surface area contributed by atoms with Crippen molar-refractivity contribution in [2.75, 3.05) is 6.54 Å². The molecule has 0 aromatic carbocycles. The Morgan fingerprint density at radius 3 is 2.79 bits per heavy atom. The Balaban J connectivity index is 1.74. The summed E-state index contributed by atoms with van der Waals surface area (Å²) in [6, 6.07) is 0.420. The highest BCUT2D eigenvalue weighted by Gasteiger charge is 2.29. The van der Waals surface area contributed by atoms with Crippen molar-refractivity contribution in [3.63, 3.8) is 0 Å². The van der Waals surface area contributed by atoms with E-state index in [1.54, 1.807) is 0 Å². The number of rotatable bonds is 2. The summed E-state index contributed by atoms with van der Waals surface area (Å²) in [7, 11) is 0. The monoisotopic (exact) mass is 192 g/mol. The first kappa shape index (κ1) is 8.41. The molecule has 0 bridgehead atoms. The van der Waals surface area contributed by atoms with E-state index < -0.39 is 0 Å². The van der Waals surface area contributed by atoms with Crippen LogP contribution in [0.1, 0.15) is 55.7 Å². The number of nitrogens with zero attached hydrogens (tertiary/aromatic N) is 2. The second-order valence-electron chi connectivity index (χ2n) is 4.36. The average Bonchev–Trinajstić information content (AvgIpc) is 2.98. The highest BCUT2D eigenvalue weighted by molar-refractivity contribution is 5.07.